The molecule has 0 saturated heterocycles. The van der Waals surface area contributed by atoms with Gasteiger partial charge in [0.2, 0.25) is 5.91 Å². The Hall–Kier alpha value is -2.53. The molecule has 5 nitrogen and oxygen atoms in total. The average Bonchev–Trinajstić information content (AvgIpc) is 2.66. The molecular formula is C23H32N2O3. The first-order chi connectivity index (χ1) is 13.2. The van der Waals surface area contributed by atoms with Crippen LogP contribution in [0, 0.1) is 0 Å². The zero-order valence-corrected chi connectivity index (χ0v) is 17.9. The standard InChI is InChI=1S/C23H32N2O3/c1-23(2,3)25(15-18-10-8-7-9-11-18)22(26)17-24(4)16-19-12-13-20(27-5)14-21(19)28-6/h7-14H,15-17H2,1-6H3. The quantitative estimate of drug-likeness (QED) is 0.691. The number of carbonyl (C=O) groups excluding carboxylic acids is 1. The van der Waals surface area contributed by atoms with Gasteiger partial charge in [-0.15, -0.1) is 0 Å². The summed E-state index contributed by atoms with van der Waals surface area (Å²) in [7, 11) is 5.22. The van der Waals surface area contributed by atoms with Gasteiger partial charge in [-0.05, 0) is 39.4 Å². The van der Waals surface area contributed by atoms with Crippen LogP contribution in [-0.4, -0.2) is 49.1 Å². The summed E-state index contributed by atoms with van der Waals surface area (Å²) in [5.41, 5.74) is 1.89. The van der Waals surface area contributed by atoms with Crippen molar-refractivity contribution >= 4 is 5.91 Å². The number of hydrogen-bond donors (Lipinski definition) is 0. The lowest BCUT2D eigenvalue weighted by molar-refractivity contribution is -0.137. The smallest absolute Gasteiger partial charge is 0.237 e. The van der Waals surface area contributed by atoms with Gasteiger partial charge in [0.1, 0.15) is 11.5 Å². The van der Waals surface area contributed by atoms with Crippen LogP contribution in [0.5, 0.6) is 11.5 Å². The van der Waals surface area contributed by atoms with Crippen LogP contribution >= 0.6 is 0 Å². The van der Waals surface area contributed by atoms with Gasteiger partial charge in [-0.3, -0.25) is 9.69 Å². The molecule has 0 bridgehead atoms. The fourth-order valence-electron chi connectivity index (χ4n) is 3.11. The Kier molecular flexibility index (Phi) is 7.46. The van der Waals surface area contributed by atoms with E-state index in [-0.39, 0.29) is 11.4 Å². The molecular weight excluding hydrogens is 352 g/mol. The summed E-state index contributed by atoms with van der Waals surface area (Å²) >= 11 is 0. The highest BCUT2D eigenvalue weighted by atomic mass is 16.5. The lowest BCUT2D eigenvalue weighted by atomic mass is 10.0. The van der Waals surface area contributed by atoms with Crippen LogP contribution in [0.2, 0.25) is 0 Å². The summed E-state index contributed by atoms with van der Waals surface area (Å²) in [5.74, 6) is 1.61. The largest absolute Gasteiger partial charge is 0.497 e. The number of nitrogens with zero attached hydrogens (tertiary/aromatic N) is 2. The lowest BCUT2D eigenvalue weighted by Gasteiger charge is -2.37. The fourth-order valence-corrected chi connectivity index (χ4v) is 3.11. The van der Waals surface area contributed by atoms with Gasteiger partial charge in [-0.1, -0.05) is 36.4 Å². The van der Waals surface area contributed by atoms with Crippen LogP contribution in [0.25, 0.3) is 0 Å². The summed E-state index contributed by atoms with van der Waals surface area (Å²) in [6, 6.07) is 15.8. The minimum absolute atomic E-state index is 0.103. The Morgan fingerprint density at radius 1 is 0.964 bits per heavy atom. The van der Waals surface area contributed by atoms with Crippen LogP contribution in [0.15, 0.2) is 48.5 Å². The van der Waals surface area contributed by atoms with Crippen LogP contribution in [0.4, 0.5) is 0 Å². The van der Waals surface area contributed by atoms with Gasteiger partial charge < -0.3 is 14.4 Å². The van der Waals surface area contributed by atoms with Crippen molar-refractivity contribution in [1.29, 1.82) is 0 Å². The number of benzene rings is 2. The van der Waals surface area contributed by atoms with Gasteiger partial charge in [0.15, 0.2) is 0 Å². The van der Waals surface area contributed by atoms with Gasteiger partial charge in [-0.2, -0.15) is 0 Å². The maximum atomic E-state index is 13.1. The monoisotopic (exact) mass is 384 g/mol. The van der Waals surface area contributed by atoms with Gasteiger partial charge in [0.05, 0.1) is 20.8 Å². The number of hydrogen-bond acceptors (Lipinski definition) is 4. The molecule has 0 radical (unpaired) electrons. The number of rotatable bonds is 8. The second-order valence-electron chi connectivity index (χ2n) is 7.99. The SMILES string of the molecule is COc1ccc(CN(C)CC(=O)N(Cc2ccccc2)C(C)(C)C)c(OC)c1. The zero-order chi connectivity index (χ0) is 20.7. The first-order valence-corrected chi connectivity index (χ1v) is 9.48. The second kappa shape index (κ2) is 9.60. The molecule has 0 aliphatic carbocycles. The van der Waals surface area contributed by atoms with E-state index < -0.39 is 0 Å². The van der Waals surface area contributed by atoms with E-state index in [0.717, 1.165) is 22.6 Å². The van der Waals surface area contributed by atoms with E-state index in [1.54, 1.807) is 14.2 Å². The molecule has 0 heterocycles. The third kappa shape index (κ3) is 5.99. The summed E-state index contributed by atoms with van der Waals surface area (Å²) in [6.07, 6.45) is 0. The third-order valence-corrected chi connectivity index (χ3v) is 4.63. The van der Waals surface area contributed by atoms with Gasteiger partial charge >= 0.3 is 0 Å². The molecule has 2 aromatic rings. The molecule has 0 spiro atoms. The van der Waals surface area contributed by atoms with E-state index in [0.29, 0.717) is 19.6 Å². The van der Waals surface area contributed by atoms with Crippen LogP contribution in [0.1, 0.15) is 31.9 Å². The molecule has 0 saturated carbocycles. The predicted octanol–water partition coefficient (Wildman–Crippen LogP) is 3.96. The number of amides is 1. The van der Waals surface area contributed by atoms with E-state index >= 15 is 0 Å². The Bertz CT molecular complexity index is 769. The van der Waals surface area contributed by atoms with Crippen LogP contribution in [0.3, 0.4) is 0 Å². The molecule has 5 heteroatoms. The molecule has 0 aliphatic rings. The number of ether oxygens (including phenoxy) is 2. The lowest BCUT2D eigenvalue weighted by Crippen LogP contribution is -2.48. The van der Waals surface area contributed by atoms with Crippen molar-refractivity contribution < 1.29 is 14.3 Å². The second-order valence-corrected chi connectivity index (χ2v) is 7.99. The molecule has 0 aliphatic heterocycles. The van der Waals surface area contributed by atoms with E-state index in [9.17, 15) is 4.79 Å². The molecule has 0 unspecified atom stereocenters. The third-order valence-electron chi connectivity index (χ3n) is 4.63. The van der Waals surface area contributed by atoms with Crippen molar-refractivity contribution in [3.8, 4) is 11.5 Å². The Labute approximate surface area is 168 Å². The molecule has 152 valence electrons. The Morgan fingerprint density at radius 2 is 1.64 bits per heavy atom. The van der Waals surface area contributed by atoms with Crippen molar-refractivity contribution in [2.75, 3.05) is 27.8 Å². The first kappa shape index (κ1) is 21.8. The van der Waals surface area contributed by atoms with E-state index in [2.05, 4.69) is 32.9 Å². The minimum Gasteiger partial charge on any atom is -0.497 e. The highest BCUT2D eigenvalue weighted by molar-refractivity contribution is 5.79. The van der Waals surface area contributed by atoms with Crippen LogP contribution in [-0.2, 0) is 17.9 Å². The van der Waals surface area contributed by atoms with E-state index in [1.807, 2.05) is 53.2 Å². The highest BCUT2D eigenvalue weighted by Gasteiger charge is 2.27. The molecule has 28 heavy (non-hydrogen) atoms. The summed E-state index contributed by atoms with van der Waals surface area (Å²) < 4.78 is 10.7. The summed E-state index contributed by atoms with van der Waals surface area (Å²) in [6.45, 7) is 7.76. The molecule has 0 N–H and O–H groups in total. The molecule has 2 aromatic carbocycles. The van der Waals surface area contributed by atoms with Crippen molar-refractivity contribution in [3.63, 3.8) is 0 Å². The maximum Gasteiger partial charge on any atom is 0.237 e. The number of likely N-dealkylation sites (N-methyl/N-ethyl adjacent to an activating group) is 1. The van der Waals surface area contributed by atoms with Crippen molar-refractivity contribution in [1.82, 2.24) is 9.80 Å². The van der Waals surface area contributed by atoms with Gasteiger partial charge in [0.25, 0.3) is 0 Å². The van der Waals surface area contributed by atoms with E-state index in [1.165, 1.54) is 0 Å². The van der Waals surface area contributed by atoms with Crippen molar-refractivity contribution in [2.24, 2.45) is 0 Å². The van der Waals surface area contributed by atoms with Gasteiger partial charge in [0, 0.05) is 30.3 Å². The van der Waals surface area contributed by atoms with E-state index in [4.69, 9.17) is 9.47 Å². The number of methoxy groups -OCH3 is 2. The minimum atomic E-state index is -0.258. The Balaban J connectivity index is 2.08. The van der Waals surface area contributed by atoms with Gasteiger partial charge in [-0.25, -0.2) is 0 Å². The topological polar surface area (TPSA) is 42.0 Å². The number of carbonyl (C=O) groups is 1. The summed E-state index contributed by atoms with van der Waals surface area (Å²) in [5, 5.41) is 0. The maximum absolute atomic E-state index is 13.1. The Morgan fingerprint density at radius 3 is 2.21 bits per heavy atom. The molecule has 2 rings (SSSR count). The molecule has 1 amide bonds. The first-order valence-electron chi connectivity index (χ1n) is 9.48. The van der Waals surface area contributed by atoms with Crippen LogP contribution < -0.4 is 9.47 Å². The van der Waals surface area contributed by atoms with Crippen molar-refractivity contribution in [3.05, 3.63) is 59.7 Å². The summed E-state index contributed by atoms with van der Waals surface area (Å²) in [4.78, 5) is 17.0. The molecule has 0 aromatic heterocycles. The normalized spacial score (nSPS) is 11.4. The van der Waals surface area contributed by atoms with Crippen molar-refractivity contribution in [2.45, 2.75) is 39.4 Å². The molecule has 0 fully saturated rings. The fraction of sp³-hybridized carbons (Fsp3) is 0.435. The predicted molar refractivity (Wildman–Crippen MR) is 113 cm³/mol. The average molecular weight is 385 g/mol. The zero-order valence-electron chi connectivity index (χ0n) is 17.9. The highest BCUT2D eigenvalue weighted by Crippen LogP contribution is 2.25. The molecule has 0 atom stereocenters.